The number of carbonyl (C=O) groups is 2. The summed E-state index contributed by atoms with van der Waals surface area (Å²) in [6, 6.07) is 20.8. The fraction of sp³-hybridized carbons (Fsp3) is 0.462. The largest absolute Gasteiger partial charge is 0.342 e. The van der Waals surface area contributed by atoms with Gasteiger partial charge in [0.05, 0.1) is 6.54 Å². The van der Waals surface area contributed by atoms with Crippen molar-refractivity contribution in [2.24, 2.45) is 5.92 Å². The summed E-state index contributed by atoms with van der Waals surface area (Å²) >= 11 is 0. The molecule has 5 nitrogen and oxygen atoms in total. The molecule has 0 aromatic heterocycles. The SMILES string of the molecule is O=C(CNC(Cc1ccccc1)c1ccccc1)N1CCC(C(=O)N2CCCC2)CC1. The van der Waals surface area contributed by atoms with Crippen molar-refractivity contribution in [3.8, 4) is 0 Å². The highest BCUT2D eigenvalue weighted by Gasteiger charge is 2.31. The van der Waals surface area contributed by atoms with E-state index in [1.807, 2.05) is 34.1 Å². The highest BCUT2D eigenvalue weighted by molar-refractivity contribution is 5.81. The Bertz CT molecular complexity index is 841. The quantitative estimate of drug-likeness (QED) is 0.748. The minimum absolute atomic E-state index is 0.0850. The second-order valence-corrected chi connectivity index (χ2v) is 8.72. The van der Waals surface area contributed by atoms with Crippen LogP contribution in [0.25, 0.3) is 0 Å². The summed E-state index contributed by atoms with van der Waals surface area (Å²) in [5.74, 6) is 0.515. The van der Waals surface area contributed by atoms with E-state index in [-0.39, 0.29) is 17.9 Å². The van der Waals surface area contributed by atoms with E-state index < -0.39 is 0 Å². The molecule has 2 aliphatic rings. The Morgan fingerprint density at radius 3 is 2.10 bits per heavy atom. The highest BCUT2D eigenvalue weighted by atomic mass is 16.2. The molecular weight excluding hydrogens is 386 g/mol. The van der Waals surface area contributed by atoms with Crippen molar-refractivity contribution in [2.75, 3.05) is 32.7 Å². The molecule has 2 aromatic carbocycles. The first-order valence-electron chi connectivity index (χ1n) is 11.6. The summed E-state index contributed by atoms with van der Waals surface area (Å²) in [6.45, 7) is 3.49. The number of nitrogens with one attached hydrogen (secondary N) is 1. The van der Waals surface area contributed by atoms with Gasteiger partial charge in [-0.2, -0.15) is 0 Å². The Labute approximate surface area is 185 Å². The Morgan fingerprint density at radius 2 is 1.45 bits per heavy atom. The number of hydrogen-bond acceptors (Lipinski definition) is 3. The molecule has 2 fully saturated rings. The van der Waals surface area contributed by atoms with Gasteiger partial charge in [0, 0.05) is 38.1 Å². The lowest BCUT2D eigenvalue weighted by atomic mass is 9.95. The third-order valence-electron chi connectivity index (χ3n) is 6.60. The van der Waals surface area contributed by atoms with E-state index in [1.54, 1.807) is 0 Å². The maximum Gasteiger partial charge on any atom is 0.236 e. The van der Waals surface area contributed by atoms with Crippen LogP contribution >= 0.6 is 0 Å². The van der Waals surface area contributed by atoms with E-state index in [0.717, 1.165) is 45.2 Å². The van der Waals surface area contributed by atoms with Gasteiger partial charge in [0.15, 0.2) is 0 Å². The molecule has 1 unspecified atom stereocenters. The lowest BCUT2D eigenvalue weighted by Crippen LogP contribution is -2.46. The molecule has 0 saturated carbocycles. The van der Waals surface area contributed by atoms with Crippen LogP contribution in [0, 0.1) is 5.92 Å². The number of likely N-dealkylation sites (tertiary alicyclic amines) is 2. The maximum absolute atomic E-state index is 12.9. The fourth-order valence-electron chi connectivity index (χ4n) is 4.74. The molecule has 5 heteroatoms. The van der Waals surface area contributed by atoms with Crippen LogP contribution in [0.1, 0.15) is 42.9 Å². The van der Waals surface area contributed by atoms with E-state index in [1.165, 1.54) is 11.1 Å². The lowest BCUT2D eigenvalue weighted by Gasteiger charge is -2.33. The average molecular weight is 420 g/mol. The second-order valence-electron chi connectivity index (χ2n) is 8.72. The normalized spacial score (nSPS) is 18.2. The van der Waals surface area contributed by atoms with Gasteiger partial charge in [0.2, 0.25) is 11.8 Å². The molecule has 0 spiro atoms. The summed E-state index contributed by atoms with van der Waals surface area (Å²) in [5.41, 5.74) is 2.44. The molecule has 2 aliphatic heterocycles. The highest BCUT2D eigenvalue weighted by Crippen LogP contribution is 2.23. The van der Waals surface area contributed by atoms with Crippen molar-refractivity contribution < 1.29 is 9.59 Å². The van der Waals surface area contributed by atoms with Gasteiger partial charge in [-0.1, -0.05) is 60.7 Å². The van der Waals surface area contributed by atoms with Gasteiger partial charge in [0.1, 0.15) is 0 Å². The molecule has 2 amide bonds. The zero-order chi connectivity index (χ0) is 21.5. The summed E-state index contributed by atoms with van der Waals surface area (Å²) in [5, 5.41) is 3.49. The molecule has 1 atom stereocenters. The van der Waals surface area contributed by atoms with Crippen LogP contribution in [0.4, 0.5) is 0 Å². The van der Waals surface area contributed by atoms with E-state index in [0.29, 0.717) is 25.5 Å². The first-order valence-corrected chi connectivity index (χ1v) is 11.6. The van der Waals surface area contributed by atoms with Gasteiger partial charge in [0.25, 0.3) is 0 Å². The number of amides is 2. The molecule has 31 heavy (non-hydrogen) atoms. The standard InChI is InChI=1S/C26H33N3O2/c30-25(28-17-13-23(14-18-28)26(31)29-15-7-8-16-29)20-27-24(22-11-5-2-6-12-22)19-21-9-3-1-4-10-21/h1-6,9-12,23-24,27H,7-8,13-20H2. The number of carbonyl (C=O) groups excluding carboxylic acids is 2. The van der Waals surface area contributed by atoms with Crippen molar-refractivity contribution >= 4 is 11.8 Å². The van der Waals surface area contributed by atoms with Crippen LogP contribution in [-0.4, -0.2) is 54.3 Å². The van der Waals surface area contributed by atoms with Gasteiger partial charge in [-0.3, -0.25) is 9.59 Å². The van der Waals surface area contributed by atoms with Crippen molar-refractivity contribution in [1.29, 1.82) is 0 Å². The molecule has 2 saturated heterocycles. The molecule has 1 N–H and O–H groups in total. The summed E-state index contributed by atoms with van der Waals surface area (Å²) in [6.07, 6.45) is 4.66. The van der Waals surface area contributed by atoms with Crippen molar-refractivity contribution in [2.45, 2.75) is 38.1 Å². The van der Waals surface area contributed by atoms with Gasteiger partial charge >= 0.3 is 0 Å². The predicted molar refractivity (Wildman–Crippen MR) is 122 cm³/mol. The van der Waals surface area contributed by atoms with E-state index in [4.69, 9.17) is 0 Å². The van der Waals surface area contributed by atoms with Crippen molar-refractivity contribution in [1.82, 2.24) is 15.1 Å². The number of hydrogen-bond donors (Lipinski definition) is 1. The average Bonchev–Trinajstić information content (AvgIpc) is 3.37. The lowest BCUT2D eigenvalue weighted by molar-refractivity contribution is -0.139. The van der Waals surface area contributed by atoms with Crippen molar-refractivity contribution in [3.05, 3.63) is 71.8 Å². The van der Waals surface area contributed by atoms with E-state index in [2.05, 4.69) is 41.7 Å². The smallest absolute Gasteiger partial charge is 0.236 e. The number of nitrogens with zero attached hydrogens (tertiary/aromatic N) is 2. The van der Waals surface area contributed by atoms with Gasteiger partial charge < -0.3 is 15.1 Å². The molecule has 2 heterocycles. The van der Waals surface area contributed by atoms with Crippen LogP contribution < -0.4 is 5.32 Å². The zero-order valence-corrected chi connectivity index (χ0v) is 18.2. The third kappa shape index (κ3) is 5.73. The monoisotopic (exact) mass is 419 g/mol. The fourth-order valence-corrected chi connectivity index (χ4v) is 4.74. The van der Waals surface area contributed by atoms with E-state index >= 15 is 0 Å². The molecule has 2 aromatic rings. The summed E-state index contributed by atoms with van der Waals surface area (Å²) < 4.78 is 0. The van der Waals surface area contributed by atoms with Gasteiger partial charge in [-0.05, 0) is 43.2 Å². The first-order chi connectivity index (χ1) is 15.2. The minimum Gasteiger partial charge on any atom is -0.342 e. The molecule has 0 aliphatic carbocycles. The molecule has 4 rings (SSSR count). The second kappa shape index (κ2) is 10.6. The Balaban J connectivity index is 1.30. The number of rotatable bonds is 7. The minimum atomic E-state index is 0.0850. The first kappa shape index (κ1) is 21.6. The van der Waals surface area contributed by atoms with Gasteiger partial charge in [-0.15, -0.1) is 0 Å². The molecule has 0 bridgehead atoms. The van der Waals surface area contributed by atoms with Crippen LogP contribution in [0.3, 0.4) is 0 Å². The van der Waals surface area contributed by atoms with Crippen LogP contribution in [0.5, 0.6) is 0 Å². The Morgan fingerprint density at radius 1 is 0.839 bits per heavy atom. The number of benzene rings is 2. The third-order valence-corrected chi connectivity index (χ3v) is 6.60. The Kier molecular flexibility index (Phi) is 7.36. The van der Waals surface area contributed by atoms with Crippen LogP contribution in [0.2, 0.25) is 0 Å². The molecule has 0 radical (unpaired) electrons. The topological polar surface area (TPSA) is 52.7 Å². The maximum atomic E-state index is 12.9. The Hall–Kier alpha value is -2.66. The predicted octanol–water partition coefficient (Wildman–Crippen LogP) is 3.42. The molecular formula is C26H33N3O2. The summed E-state index contributed by atoms with van der Waals surface area (Å²) in [4.78, 5) is 29.5. The zero-order valence-electron chi connectivity index (χ0n) is 18.2. The molecule has 164 valence electrons. The number of piperidine rings is 1. The van der Waals surface area contributed by atoms with Crippen LogP contribution in [-0.2, 0) is 16.0 Å². The summed E-state index contributed by atoms with van der Waals surface area (Å²) in [7, 11) is 0. The van der Waals surface area contributed by atoms with E-state index in [9.17, 15) is 9.59 Å². The van der Waals surface area contributed by atoms with Crippen LogP contribution in [0.15, 0.2) is 60.7 Å². The van der Waals surface area contributed by atoms with Crippen molar-refractivity contribution in [3.63, 3.8) is 0 Å². The van der Waals surface area contributed by atoms with Gasteiger partial charge in [-0.25, -0.2) is 0 Å².